The molecular weight excluding hydrogens is 262 g/mol. The fraction of sp³-hybridized carbons (Fsp3) is 0.875. The third kappa shape index (κ3) is 2.35. The van der Waals surface area contributed by atoms with Crippen molar-refractivity contribution in [1.82, 2.24) is 15.2 Å². The highest BCUT2D eigenvalue weighted by Crippen LogP contribution is 2.52. The quantitative estimate of drug-likeness (QED) is 0.895. The maximum absolute atomic E-state index is 5.89. The summed E-state index contributed by atoms with van der Waals surface area (Å²) in [5.41, 5.74) is 6.19. The first-order valence-electron chi connectivity index (χ1n) is 8.54. The van der Waals surface area contributed by atoms with Gasteiger partial charge in [0.05, 0.1) is 0 Å². The van der Waals surface area contributed by atoms with Crippen molar-refractivity contribution in [2.75, 3.05) is 24.5 Å². The van der Waals surface area contributed by atoms with E-state index in [9.17, 15) is 0 Å². The van der Waals surface area contributed by atoms with Gasteiger partial charge in [0.15, 0.2) is 0 Å². The Morgan fingerprint density at radius 1 is 1.29 bits per heavy atom. The smallest absolute Gasteiger partial charge is 0.244 e. The number of piperidine rings is 1. The van der Waals surface area contributed by atoms with Gasteiger partial charge in [0.2, 0.25) is 5.95 Å². The molecule has 3 fully saturated rings. The van der Waals surface area contributed by atoms with Crippen molar-refractivity contribution in [3.8, 4) is 0 Å². The Bertz CT molecular complexity index is 503. The van der Waals surface area contributed by atoms with Gasteiger partial charge in [-0.15, -0.1) is 5.10 Å². The summed E-state index contributed by atoms with van der Waals surface area (Å²) in [6, 6.07) is 0. The summed E-state index contributed by atoms with van der Waals surface area (Å²) in [6.45, 7) is 5.14. The molecule has 116 valence electrons. The molecule has 2 heterocycles. The van der Waals surface area contributed by atoms with Gasteiger partial charge in [0, 0.05) is 19.0 Å². The van der Waals surface area contributed by atoms with E-state index in [1.165, 1.54) is 25.7 Å². The van der Waals surface area contributed by atoms with Crippen molar-refractivity contribution in [1.29, 1.82) is 0 Å². The van der Waals surface area contributed by atoms with E-state index in [2.05, 4.69) is 22.0 Å². The Morgan fingerprint density at radius 3 is 2.71 bits per heavy atom. The van der Waals surface area contributed by atoms with E-state index >= 15 is 0 Å². The largest absolute Gasteiger partial charge is 0.340 e. The number of nitrogens with zero attached hydrogens (tertiary/aromatic N) is 3. The Balaban J connectivity index is 1.43. The normalized spacial score (nSPS) is 34.6. The van der Waals surface area contributed by atoms with Gasteiger partial charge in [0.25, 0.3) is 0 Å². The molecule has 21 heavy (non-hydrogen) atoms. The molecule has 5 heteroatoms. The van der Waals surface area contributed by atoms with Crippen LogP contribution in [0.25, 0.3) is 0 Å². The van der Waals surface area contributed by atoms with Crippen molar-refractivity contribution >= 4 is 5.95 Å². The Morgan fingerprint density at radius 2 is 2.10 bits per heavy atom. The highest BCUT2D eigenvalue weighted by Gasteiger charge is 2.42. The van der Waals surface area contributed by atoms with Crippen LogP contribution in [0.1, 0.15) is 57.2 Å². The maximum Gasteiger partial charge on any atom is 0.244 e. The topological polar surface area (TPSA) is 70.8 Å². The molecule has 1 aromatic rings. The van der Waals surface area contributed by atoms with Gasteiger partial charge in [-0.3, -0.25) is 5.10 Å². The van der Waals surface area contributed by atoms with Crippen molar-refractivity contribution in [3.63, 3.8) is 0 Å². The van der Waals surface area contributed by atoms with Crippen molar-refractivity contribution in [2.45, 2.75) is 51.4 Å². The summed E-state index contributed by atoms with van der Waals surface area (Å²) >= 11 is 0. The van der Waals surface area contributed by atoms with Gasteiger partial charge in [0.1, 0.15) is 5.82 Å². The van der Waals surface area contributed by atoms with Gasteiger partial charge >= 0.3 is 0 Å². The number of aromatic nitrogens is 3. The average molecular weight is 289 g/mol. The molecule has 5 nitrogen and oxygen atoms in total. The molecule has 0 spiro atoms. The Kier molecular flexibility index (Phi) is 3.21. The van der Waals surface area contributed by atoms with E-state index in [0.29, 0.717) is 11.3 Å². The molecule has 0 aromatic carbocycles. The number of aromatic amines is 1. The second-order valence-corrected chi connectivity index (χ2v) is 7.80. The summed E-state index contributed by atoms with van der Waals surface area (Å²) in [5.74, 6) is 4.51. The second-order valence-electron chi connectivity index (χ2n) is 7.80. The molecule has 3 N–H and O–H groups in total. The number of nitrogens with two attached hydrogens (primary N) is 1. The van der Waals surface area contributed by atoms with Crippen LogP contribution in [0.3, 0.4) is 0 Å². The molecule has 0 radical (unpaired) electrons. The van der Waals surface area contributed by atoms with Crippen LogP contribution in [0.2, 0.25) is 0 Å². The van der Waals surface area contributed by atoms with Gasteiger partial charge in [-0.05, 0) is 55.9 Å². The van der Waals surface area contributed by atoms with Crippen LogP contribution >= 0.6 is 0 Å². The molecule has 3 atom stereocenters. The summed E-state index contributed by atoms with van der Waals surface area (Å²) < 4.78 is 0. The Hall–Kier alpha value is -1.10. The summed E-state index contributed by atoms with van der Waals surface area (Å²) in [7, 11) is 0. The lowest BCUT2D eigenvalue weighted by Crippen LogP contribution is -2.42. The summed E-state index contributed by atoms with van der Waals surface area (Å²) in [5, 5.41) is 7.74. The monoisotopic (exact) mass is 289 g/mol. The maximum atomic E-state index is 5.89. The molecule has 2 saturated carbocycles. The molecular formula is C16H27N5. The number of anilines is 1. The summed E-state index contributed by atoms with van der Waals surface area (Å²) in [6.07, 6.45) is 7.85. The molecule has 4 rings (SSSR count). The standard InChI is InChI=1S/C16H27N5/c1-16(10-17)4-6-21(7-5-16)15-18-14(19-20-15)13-9-11-2-3-12(13)8-11/h11-13H,2-10,17H2,1H3,(H,18,19,20). The molecule has 2 bridgehead atoms. The average Bonchev–Trinajstić information content (AvgIpc) is 3.24. The van der Waals surface area contributed by atoms with Crippen molar-refractivity contribution in [2.24, 2.45) is 23.0 Å². The molecule has 1 aromatic heterocycles. The molecule has 1 saturated heterocycles. The van der Waals surface area contributed by atoms with Crippen LogP contribution in [0, 0.1) is 17.3 Å². The lowest BCUT2D eigenvalue weighted by molar-refractivity contribution is 0.257. The molecule has 0 amide bonds. The fourth-order valence-corrected chi connectivity index (χ4v) is 4.60. The number of hydrogen-bond acceptors (Lipinski definition) is 4. The van der Waals surface area contributed by atoms with Crippen LogP contribution in [-0.4, -0.2) is 34.8 Å². The number of nitrogens with one attached hydrogen (secondary N) is 1. The zero-order valence-electron chi connectivity index (χ0n) is 13.0. The lowest BCUT2D eigenvalue weighted by atomic mass is 9.81. The summed E-state index contributed by atoms with van der Waals surface area (Å²) in [4.78, 5) is 7.16. The van der Waals surface area contributed by atoms with E-state index in [0.717, 1.165) is 56.1 Å². The van der Waals surface area contributed by atoms with Crippen LogP contribution in [0.15, 0.2) is 0 Å². The molecule has 2 aliphatic carbocycles. The third-order valence-electron chi connectivity index (χ3n) is 6.33. The zero-order valence-corrected chi connectivity index (χ0v) is 13.0. The second kappa shape index (κ2) is 4.97. The first-order valence-corrected chi connectivity index (χ1v) is 8.54. The highest BCUT2D eigenvalue weighted by atomic mass is 15.4. The predicted octanol–water partition coefficient (Wildman–Crippen LogP) is 2.27. The number of H-pyrrole nitrogens is 1. The number of fused-ring (bicyclic) bond motifs is 2. The SMILES string of the molecule is CC1(CN)CCN(c2n[nH]c(C3CC4CCC3C4)n2)CC1. The molecule has 3 unspecified atom stereocenters. The molecule has 3 aliphatic rings. The zero-order chi connectivity index (χ0) is 14.4. The van der Waals surface area contributed by atoms with Gasteiger partial charge < -0.3 is 10.6 Å². The fourth-order valence-electron chi connectivity index (χ4n) is 4.60. The lowest BCUT2D eigenvalue weighted by Gasteiger charge is -2.38. The van der Waals surface area contributed by atoms with E-state index in [4.69, 9.17) is 10.7 Å². The number of rotatable bonds is 3. The van der Waals surface area contributed by atoms with Gasteiger partial charge in [-0.2, -0.15) is 4.98 Å². The first-order chi connectivity index (χ1) is 10.2. The van der Waals surface area contributed by atoms with Crippen LogP contribution < -0.4 is 10.6 Å². The third-order valence-corrected chi connectivity index (χ3v) is 6.33. The van der Waals surface area contributed by atoms with E-state index in [-0.39, 0.29) is 0 Å². The van der Waals surface area contributed by atoms with Crippen molar-refractivity contribution in [3.05, 3.63) is 5.82 Å². The van der Waals surface area contributed by atoms with Gasteiger partial charge in [-0.1, -0.05) is 13.3 Å². The van der Waals surface area contributed by atoms with Crippen LogP contribution in [0.4, 0.5) is 5.95 Å². The number of hydrogen-bond donors (Lipinski definition) is 2. The van der Waals surface area contributed by atoms with E-state index in [1.807, 2.05) is 0 Å². The highest BCUT2D eigenvalue weighted by molar-refractivity contribution is 5.30. The molecule has 1 aliphatic heterocycles. The minimum atomic E-state index is 0.306. The van der Waals surface area contributed by atoms with Crippen LogP contribution in [-0.2, 0) is 0 Å². The van der Waals surface area contributed by atoms with E-state index in [1.54, 1.807) is 0 Å². The minimum Gasteiger partial charge on any atom is -0.340 e. The van der Waals surface area contributed by atoms with Crippen LogP contribution in [0.5, 0.6) is 0 Å². The minimum absolute atomic E-state index is 0.306. The first kappa shape index (κ1) is 13.6. The predicted molar refractivity (Wildman–Crippen MR) is 83.2 cm³/mol. The Labute approximate surface area is 126 Å². The van der Waals surface area contributed by atoms with E-state index < -0.39 is 0 Å². The van der Waals surface area contributed by atoms with Gasteiger partial charge in [-0.25, -0.2) is 0 Å². The van der Waals surface area contributed by atoms with Crippen molar-refractivity contribution < 1.29 is 0 Å².